The second kappa shape index (κ2) is 12.2. The van der Waals surface area contributed by atoms with Crippen LogP contribution in [0.1, 0.15) is 26.2 Å². The molecule has 0 aromatic carbocycles. The Hall–Kier alpha value is -3.26. The maximum absolute atomic E-state index is 12.1. The summed E-state index contributed by atoms with van der Waals surface area (Å²) in [4.78, 5) is 68.1. The van der Waals surface area contributed by atoms with Gasteiger partial charge in [-0.2, -0.15) is 0 Å². The van der Waals surface area contributed by atoms with Crippen LogP contribution in [0.2, 0.25) is 0 Å². The predicted octanol–water partition coefficient (Wildman–Crippen LogP) is -3.80. The minimum absolute atomic E-state index is 0.390. The molecule has 164 valence electrons. The molecule has 0 heterocycles. The number of carbonyl (C=O) groups is 6. The number of hydrogen-bond donors (Lipinski definition) is 8. The molecule has 0 aliphatic carbocycles. The average molecular weight is 420 g/mol. The molecule has 0 fully saturated rings. The third-order valence-corrected chi connectivity index (χ3v) is 3.54. The zero-order valence-electron chi connectivity index (χ0n) is 15.5. The summed E-state index contributed by atoms with van der Waals surface area (Å²) < 4.78 is 0. The molecule has 4 atom stereocenters. The van der Waals surface area contributed by atoms with E-state index in [1.54, 1.807) is 0 Å². The quantitative estimate of drug-likeness (QED) is 0.143. The third-order valence-electron chi connectivity index (χ3n) is 3.54. The molecule has 0 aromatic heterocycles. The first-order valence-corrected chi connectivity index (χ1v) is 8.32. The molecule has 0 aromatic rings. The van der Waals surface area contributed by atoms with Crippen LogP contribution in [0.5, 0.6) is 0 Å². The lowest BCUT2D eigenvalue weighted by Crippen LogP contribution is -2.56. The number of carbonyl (C=O) groups excluding carboxylic acids is 3. The van der Waals surface area contributed by atoms with E-state index in [4.69, 9.17) is 21.1 Å². The predicted molar refractivity (Wildman–Crippen MR) is 93.3 cm³/mol. The number of nitrogens with one attached hydrogen (secondary N) is 3. The number of aliphatic carboxylic acids is 3. The van der Waals surface area contributed by atoms with Crippen molar-refractivity contribution >= 4 is 35.6 Å². The van der Waals surface area contributed by atoms with E-state index in [2.05, 4.69) is 0 Å². The molecular weight excluding hydrogens is 396 g/mol. The molecule has 0 spiro atoms. The minimum atomic E-state index is -1.61. The van der Waals surface area contributed by atoms with E-state index < -0.39 is 79.2 Å². The van der Waals surface area contributed by atoms with Crippen molar-refractivity contribution in [3.63, 3.8) is 0 Å². The van der Waals surface area contributed by atoms with Crippen molar-refractivity contribution in [1.82, 2.24) is 16.0 Å². The topological polar surface area (TPSA) is 245 Å². The fourth-order valence-corrected chi connectivity index (χ4v) is 1.93. The molecule has 14 nitrogen and oxygen atoms in total. The van der Waals surface area contributed by atoms with E-state index in [1.807, 2.05) is 16.0 Å². The van der Waals surface area contributed by atoms with Gasteiger partial charge in [0.15, 0.2) is 0 Å². The summed E-state index contributed by atoms with van der Waals surface area (Å²) in [6.45, 7) is 0.453. The van der Waals surface area contributed by atoms with E-state index in [0.29, 0.717) is 0 Å². The van der Waals surface area contributed by atoms with Crippen molar-refractivity contribution in [2.75, 3.05) is 6.54 Å². The summed E-state index contributed by atoms with van der Waals surface area (Å²) in [5, 5.41) is 41.7. The van der Waals surface area contributed by atoms with Crippen LogP contribution in [0, 0.1) is 0 Å². The van der Waals surface area contributed by atoms with Gasteiger partial charge in [0, 0.05) is 6.42 Å². The second-order valence-electron chi connectivity index (χ2n) is 6.03. The number of aliphatic hydroxyl groups is 1. The fraction of sp³-hybridized carbons (Fsp3) is 0.600. The van der Waals surface area contributed by atoms with Crippen molar-refractivity contribution in [1.29, 1.82) is 0 Å². The van der Waals surface area contributed by atoms with Crippen LogP contribution in [0.25, 0.3) is 0 Å². The fourth-order valence-electron chi connectivity index (χ4n) is 1.93. The van der Waals surface area contributed by atoms with E-state index in [-0.39, 0.29) is 6.42 Å². The Labute approximate surface area is 164 Å². The van der Waals surface area contributed by atoms with Crippen molar-refractivity contribution in [3.8, 4) is 0 Å². The molecule has 0 aliphatic rings. The molecule has 4 unspecified atom stereocenters. The summed E-state index contributed by atoms with van der Waals surface area (Å²) in [5.74, 6) is -7.22. The van der Waals surface area contributed by atoms with Crippen LogP contribution in [0.3, 0.4) is 0 Å². The number of carboxylic acids is 3. The SMILES string of the molecule is CC(O)C(N)C(=O)NC(CC(=O)O)C(=O)NCC(=O)NC(CCC(=O)O)C(=O)O. The molecule has 29 heavy (non-hydrogen) atoms. The lowest BCUT2D eigenvalue weighted by atomic mass is 10.1. The number of rotatable bonds is 13. The third kappa shape index (κ3) is 10.6. The summed E-state index contributed by atoms with van der Waals surface area (Å²) in [6.07, 6.45) is -3.02. The molecule has 14 heteroatoms. The highest BCUT2D eigenvalue weighted by atomic mass is 16.4. The molecule has 0 rings (SSSR count). The van der Waals surface area contributed by atoms with Crippen LogP contribution in [-0.2, 0) is 28.8 Å². The van der Waals surface area contributed by atoms with Crippen molar-refractivity contribution in [2.45, 2.75) is 50.4 Å². The number of aliphatic hydroxyl groups excluding tert-OH is 1. The molecule has 0 saturated carbocycles. The summed E-state index contributed by atoms with van der Waals surface area (Å²) in [6, 6.07) is -4.54. The molecule has 0 bridgehead atoms. The second-order valence-corrected chi connectivity index (χ2v) is 6.03. The van der Waals surface area contributed by atoms with Crippen LogP contribution < -0.4 is 21.7 Å². The smallest absolute Gasteiger partial charge is 0.326 e. The van der Waals surface area contributed by atoms with Crippen LogP contribution >= 0.6 is 0 Å². The zero-order valence-corrected chi connectivity index (χ0v) is 15.5. The van der Waals surface area contributed by atoms with Gasteiger partial charge in [0.2, 0.25) is 17.7 Å². The molecular formula is C15H24N4O10. The highest BCUT2D eigenvalue weighted by Crippen LogP contribution is 1.99. The van der Waals surface area contributed by atoms with Gasteiger partial charge in [0.05, 0.1) is 19.1 Å². The highest BCUT2D eigenvalue weighted by molar-refractivity contribution is 5.94. The first-order valence-electron chi connectivity index (χ1n) is 8.32. The Morgan fingerprint density at radius 1 is 0.897 bits per heavy atom. The maximum Gasteiger partial charge on any atom is 0.326 e. The van der Waals surface area contributed by atoms with Crippen LogP contribution in [-0.4, -0.2) is 86.8 Å². The van der Waals surface area contributed by atoms with E-state index in [9.17, 15) is 33.9 Å². The summed E-state index contributed by atoms with van der Waals surface area (Å²) in [7, 11) is 0. The highest BCUT2D eigenvalue weighted by Gasteiger charge is 2.28. The Bertz CT molecular complexity index is 651. The number of carboxylic acid groups (broad SMARTS) is 3. The van der Waals surface area contributed by atoms with Crippen LogP contribution in [0.15, 0.2) is 0 Å². The Balaban J connectivity index is 4.85. The normalized spacial score (nSPS) is 14.6. The monoisotopic (exact) mass is 420 g/mol. The van der Waals surface area contributed by atoms with E-state index in [1.165, 1.54) is 6.92 Å². The largest absolute Gasteiger partial charge is 0.481 e. The van der Waals surface area contributed by atoms with Crippen molar-refractivity contribution < 1.29 is 49.2 Å². The molecule has 9 N–H and O–H groups in total. The van der Waals surface area contributed by atoms with Gasteiger partial charge in [-0.1, -0.05) is 0 Å². The van der Waals surface area contributed by atoms with Gasteiger partial charge < -0.3 is 42.1 Å². The van der Waals surface area contributed by atoms with Gasteiger partial charge in [-0.3, -0.25) is 24.0 Å². The first-order chi connectivity index (χ1) is 13.3. The van der Waals surface area contributed by atoms with Gasteiger partial charge in [-0.25, -0.2) is 4.79 Å². The number of hydrogen-bond acceptors (Lipinski definition) is 8. The van der Waals surface area contributed by atoms with E-state index in [0.717, 1.165) is 0 Å². The minimum Gasteiger partial charge on any atom is -0.481 e. The Kier molecular flexibility index (Phi) is 10.9. The maximum atomic E-state index is 12.1. The summed E-state index contributed by atoms with van der Waals surface area (Å²) >= 11 is 0. The van der Waals surface area contributed by atoms with Crippen LogP contribution in [0.4, 0.5) is 0 Å². The van der Waals surface area contributed by atoms with Gasteiger partial charge in [-0.05, 0) is 13.3 Å². The Morgan fingerprint density at radius 3 is 1.93 bits per heavy atom. The zero-order chi connectivity index (χ0) is 22.7. The first kappa shape index (κ1) is 25.7. The van der Waals surface area contributed by atoms with Gasteiger partial charge >= 0.3 is 17.9 Å². The molecule has 0 radical (unpaired) electrons. The molecule has 0 aliphatic heterocycles. The Morgan fingerprint density at radius 2 is 1.48 bits per heavy atom. The molecule has 0 saturated heterocycles. The lowest BCUT2D eigenvalue weighted by molar-refractivity contribution is -0.143. The van der Waals surface area contributed by atoms with Crippen molar-refractivity contribution in [3.05, 3.63) is 0 Å². The summed E-state index contributed by atoms with van der Waals surface area (Å²) in [5.41, 5.74) is 5.39. The number of amides is 3. The average Bonchev–Trinajstić information content (AvgIpc) is 2.60. The van der Waals surface area contributed by atoms with E-state index >= 15 is 0 Å². The standard InChI is InChI=1S/C15H24N4O10/c1-6(20)12(16)14(27)19-8(4-11(24)25)13(26)17-5-9(21)18-7(15(28)29)2-3-10(22)23/h6-8,12,20H,2-5,16H2,1H3,(H,17,26)(H,18,21)(H,19,27)(H,22,23)(H,24,25)(H,28,29). The van der Waals surface area contributed by atoms with Gasteiger partial charge in [0.25, 0.3) is 0 Å². The van der Waals surface area contributed by atoms with Gasteiger partial charge in [0.1, 0.15) is 18.1 Å². The van der Waals surface area contributed by atoms with Crippen molar-refractivity contribution in [2.24, 2.45) is 5.73 Å². The molecule has 3 amide bonds. The lowest BCUT2D eigenvalue weighted by Gasteiger charge is -2.20. The number of nitrogens with two attached hydrogens (primary N) is 1. The van der Waals surface area contributed by atoms with Gasteiger partial charge in [-0.15, -0.1) is 0 Å².